The van der Waals surface area contributed by atoms with E-state index in [1.165, 1.54) is 0 Å². The second-order valence-electron chi connectivity index (χ2n) is 8.48. The zero-order chi connectivity index (χ0) is 24.0. The molecule has 2 N–H and O–H groups in total. The van der Waals surface area contributed by atoms with Gasteiger partial charge in [-0.2, -0.15) is 5.10 Å². The van der Waals surface area contributed by atoms with Crippen LogP contribution >= 0.6 is 0 Å². The van der Waals surface area contributed by atoms with Crippen molar-refractivity contribution in [3.05, 3.63) is 60.6 Å². The summed E-state index contributed by atoms with van der Waals surface area (Å²) in [6.07, 6.45) is 5.32. The lowest BCUT2D eigenvalue weighted by Gasteiger charge is -2.26. The number of methoxy groups -OCH3 is 1. The van der Waals surface area contributed by atoms with E-state index >= 15 is 0 Å². The second-order valence-corrected chi connectivity index (χ2v) is 8.48. The van der Waals surface area contributed by atoms with Crippen molar-refractivity contribution in [2.45, 2.75) is 6.92 Å². The Hall–Kier alpha value is -3.82. The summed E-state index contributed by atoms with van der Waals surface area (Å²) in [6, 6.07) is 11.9. The summed E-state index contributed by atoms with van der Waals surface area (Å²) in [6.45, 7) is 7.22. The Morgan fingerprint density at radius 3 is 2.77 bits per heavy atom. The Balaban J connectivity index is 1.48. The minimum absolute atomic E-state index is 0.610. The van der Waals surface area contributed by atoms with Crippen molar-refractivity contribution in [2.24, 2.45) is 0 Å². The largest absolute Gasteiger partial charge is 0.497 e. The molecular weight excluding hydrogens is 442 g/mol. The van der Waals surface area contributed by atoms with Gasteiger partial charge in [-0.05, 0) is 42.8 Å². The van der Waals surface area contributed by atoms with E-state index in [1.807, 2.05) is 37.3 Å². The van der Waals surface area contributed by atoms with Gasteiger partial charge in [-0.3, -0.25) is 15.0 Å². The number of ether oxygens (including phenoxy) is 2. The van der Waals surface area contributed by atoms with E-state index in [1.54, 1.807) is 25.7 Å². The number of morpholine rings is 1. The molecule has 0 spiro atoms. The van der Waals surface area contributed by atoms with Gasteiger partial charge in [0.2, 0.25) is 0 Å². The number of nitrogens with zero attached hydrogens (tertiary/aromatic N) is 5. The zero-order valence-electron chi connectivity index (χ0n) is 20.0. The van der Waals surface area contributed by atoms with E-state index in [-0.39, 0.29) is 0 Å². The van der Waals surface area contributed by atoms with Crippen LogP contribution < -0.4 is 10.1 Å². The lowest BCUT2D eigenvalue weighted by molar-refractivity contribution is 0.0398. The smallest absolute Gasteiger partial charge is 0.163 e. The van der Waals surface area contributed by atoms with Gasteiger partial charge in [0.05, 0.1) is 37.9 Å². The molecule has 180 valence electrons. The molecule has 35 heavy (non-hydrogen) atoms. The number of benzene rings is 1. The molecular formula is C26H29N7O2. The van der Waals surface area contributed by atoms with Gasteiger partial charge in [-0.25, -0.2) is 9.97 Å². The number of anilines is 1. The third-order valence-corrected chi connectivity index (χ3v) is 5.97. The predicted octanol–water partition coefficient (Wildman–Crippen LogP) is 3.66. The molecule has 1 fully saturated rings. The molecule has 9 nitrogen and oxygen atoms in total. The average molecular weight is 472 g/mol. The van der Waals surface area contributed by atoms with Crippen LogP contribution in [0.25, 0.3) is 33.9 Å². The maximum atomic E-state index is 5.48. The monoisotopic (exact) mass is 471 g/mol. The molecule has 4 heterocycles. The molecule has 5 rings (SSSR count). The van der Waals surface area contributed by atoms with E-state index < -0.39 is 0 Å². The van der Waals surface area contributed by atoms with Crippen LogP contribution in [0, 0.1) is 6.92 Å². The maximum absolute atomic E-state index is 5.48. The summed E-state index contributed by atoms with van der Waals surface area (Å²) in [7, 11) is 1.67. The minimum atomic E-state index is 0.610. The highest BCUT2D eigenvalue weighted by Gasteiger charge is 2.16. The van der Waals surface area contributed by atoms with Crippen LogP contribution in [0.3, 0.4) is 0 Å². The van der Waals surface area contributed by atoms with E-state index in [0.717, 1.165) is 84.6 Å². The number of aromatic nitrogens is 5. The highest BCUT2D eigenvalue weighted by molar-refractivity contribution is 5.81. The van der Waals surface area contributed by atoms with E-state index in [2.05, 4.69) is 31.5 Å². The summed E-state index contributed by atoms with van der Waals surface area (Å²) >= 11 is 0. The number of hydrogen-bond donors (Lipinski definition) is 2. The molecule has 0 aliphatic carbocycles. The summed E-state index contributed by atoms with van der Waals surface area (Å²) < 4.78 is 10.9. The molecule has 0 amide bonds. The average Bonchev–Trinajstić information content (AvgIpc) is 3.40. The van der Waals surface area contributed by atoms with Gasteiger partial charge in [0, 0.05) is 61.3 Å². The molecule has 3 aromatic heterocycles. The van der Waals surface area contributed by atoms with Crippen molar-refractivity contribution in [2.75, 3.05) is 51.8 Å². The SMILES string of the molecule is COc1cc(C)cc(-c2[nH]ncc2-c2cc(NCCN3CCOCC3)nc(-c3cccnc3)n2)c1. The van der Waals surface area contributed by atoms with Crippen molar-refractivity contribution >= 4 is 5.82 Å². The summed E-state index contributed by atoms with van der Waals surface area (Å²) in [4.78, 5) is 16.3. The van der Waals surface area contributed by atoms with Crippen molar-refractivity contribution in [1.29, 1.82) is 0 Å². The lowest BCUT2D eigenvalue weighted by atomic mass is 10.0. The Labute approximate surface area is 204 Å². The van der Waals surface area contributed by atoms with Crippen molar-refractivity contribution in [3.8, 4) is 39.7 Å². The van der Waals surface area contributed by atoms with Crippen LogP contribution in [0.1, 0.15) is 5.56 Å². The normalized spacial score (nSPS) is 14.1. The minimum Gasteiger partial charge on any atom is -0.497 e. The van der Waals surface area contributed by atoms with Gasteiger partial charge in [-0.1, -0.05) is 0 Å². The third kappa shape index (κ3) is 5.47. The maximum Gasteiger partial charge on any atom is 0.163 e. The van der Waals surface area contributed by atoms with Crippen LogP contribution in [-0.2, 0) is 4.74 Å². The molecule has 1 saturated heterocycles. The lowest BCUT2D eigenvalue weighted by Crippen LogP contribution is -2.39. The molecule has 0 unspecified atom stereocenters. The molecule has 4 aromatic rings. The van der Waals surface area contributed by atoms with E-state index in [9.17, 15) is 0 Å². The van der Waals surface area contributed by atoms with Crippen LogP contribution in [0.15, 0.2) is 55.0 Å². The van der Waals surface area contributed by atoms with Gasteiger partial charge < -0.3 is 14.8 Å². The standard InChI is InChI=1S/C26H29N7O2/c1-18-12-20(14-21(13-18)34-2)25-22(17-29-32-25)23-15-24(28-6-7-33-8-10-35-11-9-33)31-26(30-23)19-4-3-5-27-16-19/h3-5,12-17H,6-11H2,1-2H3,(H,29,32)(H,28,30,31). The van der Waals surface area contributed by atoms with E-state index in [4.69, 9.17) is 19.4 Å². The van der Waals surface area contributed by atoms with E-state index in [0.29, 0.717) is 5.82 Å². The number of pyridine rings is 1. The quantitative estimate of drug-likeness (QED) is 0.402. The zero-order valence-corrected chi connectivity index (χ0v) is 20.0. The highest BCUT2D eigenvalue weighted by Crippen LogP contribution is 2.33. The molecule has 1 aliphatic rings. The number of hydrogen-bond acceptors (Lipinski definition) is 8. The fourth-order valence-corrected chi connectivity index (χ4v) is 4.18. The first-order valence-corrected chi connectivity index (χ1v) is 11.7. The Morgan fingerprint density at radius 1 is 1.09 bits per heavy atom. The van der Waals surface area contributed by atoms with Crippen LogP contribution in [0.5, 0.6) is 5.75 Å². The van der Waals surface area contributed by atoms with Crippen molar-refractivity contribution in [3.63, 3.8) is 0 Å². The number of nitrogens with one attached hydrogen (secondary N) is 2. The predicted molar refractivity (Wildman–Crippen MR) is 135 cm³/mol. The fraction of sp³-hybridized carbons (Fsp3) is 0.308. The first-order chi connectivity index (χ1) is 17.2. The van der Waals surface area contributed by atoms with Crippen molar-refractivity contribution in [1.82, 2.24) is 30.0 Å². The molecule has 0 atom stereocenters. The molecule has 9 heteroatoms. The highest BCUT2D eigenvalue weighted by atomic mass is 16.5. The second kappa shape index (κ2) is 10.6. The summed E-state index contributed by atoms with van der Waals surface area (Å²) in [5, 5.41) is 11.0. The topological polar surface area (TPSA) is 101 Å². The third-order valence-electron chi connectivity index (χ3n) is 5.97. The first kappa shape index (κ1) is 22.9. The Morgan fingerprint density at radius 2 is 1.97 bits per heavy atom. The Kier molecular flexibility index (Phi) is 6.97. The number of rotatable bonds is 8. The summed E-state index contributed by atoms with van der Waals surface area (Å²) in [5.74, 6) is 2.17. The molecule has 0 saturated carbocycles. The Bertz CT molecular complexity index is 1270. The van der Waals surface area contributed by atoms with Gasteiger partial charge >= 0.3 is 0 Å². The molecule has 1 aliphatic heterocycles. The van der Waals surface area contributed by atoms with Crippen molar-refractivity contribution < 1.29 is 9.47 Å². The van der Waals surface area contributed by atoms with Crippen LogP contribution in [0.2, 0.25) is 0 Å². The van der Waals surface area contributed by atoms with Gasteiger partial charge in [0.1, 0.15) is 11.6 Å². The fourth-order valence-electron chi connectivity index (χ4n) is 4.18. The van der Waals surface area contributed by atoms with Gasteiger partial charge in [0.15, 0.2) is 5.82 Å². The summed E-state index contributed by atoms with van der Waals surface area (Å²) in [5.41, 5.74) is 5.48. The number of aryl methyl sites for hydroxylation is 1. The van der Waals surface area contributed by atoms with Crippen LogP contribution in [-0.4, -0.2) is 76.6 Å². The molecule has 0 radical (unpaired) electrons. The van der Waals surface area contributed by atoms with Gasteiger partial charge in [-0.15, -0.1) is 0 Å². The van der Waals surface area contributed by atoms with Gasteiger partial charge in [0.25, 0.3) is 0 Å². The molecule has 1 aromatic carbocycles. The van der Waals surface area contributed by atoms with Crippen LogP contribution in [0.4, 0.5) is 5.82 Å². The number of H-pyrrole nitrogens is 1. The first-order valence-electron chi connectivity index (χ1n) is 11.7. The molecule has 0 bridgehead atoms. The number of aromatic amines is 1.